The number of halogens is 1. The molecule has 2 rings (SSSR count). The first-order valence-electron chi connectivity index (χ1n) is 7.00. The number of benzene rings is 1. The highest BCUT2D eigenvalue weighted by Crippen LogP contribution is 2.24. The van der Waals surface area contributed by atoms with Gasteiger partial charge >= 0.3 is 0 Å². The average Bonchev–Trinajstić information content (AvgIpc) is 2.85. The van der Waals surface area contributed by atoms with Gasteiger partial charge in [0.05, 0.1) is 6.61 Å². The van der Waals surface area contributed by atoms with Crippen LogP contribution in [0.1, 0.15) is 25.3 Å². The molecule has 1 saturated heterocycles. The van der Waals surface area contributed by atoms with Crippen molar-refractivity contribution in [3.63, 3.8) is 0 Å². The Morgan fingerprint density at radius 3 is 2.95 bits per heavy atom. The number of aliphatic hydroxyl groups excluding tert-OH is 1. The Labute approximate surface area is 114 Å². The summed E-state index contributed by atoms with van der Waals surface area (Å²) in [7, 11) is 2.01. The Morgan fingerprint density at radius 2 is 2.26 bits per heavy atom. The first-order chi connectivity index (χ1) is 9.15. The van der Waals surface area contributed by atoms with Gasteiger partial charge in [-0.05, 0) is 44.1 Å². The van der Waals surface area contributed by atoms with Crippen LogP contribution in [-0.4, -0.2) is 42.7 Å². The lowest BCUT2D eigenvalue weighted by Crippen LogP contribution is -2.39. The zero-order valence-electron chi connectivity index (χ0n) is 11.8. The molecule has 19 heavy (non-hydrogen) atoms. The van der Waals surface area contributed by atoms with Crippen LogP contribution in [0.15, 0.2) is 18.2 Å². The normalized spacial score (nSPS) is 19.9. The summed E-state index contributed by atoms with van der Waals surface area (Å²) in [6.45, 7) is 5.24. The summed E-state index contributed by atoms with van der Waals surface area (Å²) in [5, 5.41) is 9.35. The molecule has 1 unspecified atom stereocenters. The van der Waals surface area contributed by atoms with Crippen molar-refractivity contribution in [2.24, 2.45) is 0 Å². The van der Waals surface area contributed by atoms with Crippen molar-refractivity contribution < 1.29 is 9.50 Å². The fourth-order valence-corrected chi connectivity index (χ4v) is 2.99. The maximum atomic E-state index is 13.2. The molecule has 1 N–H and O–H groups in total. The smallest absolute Gasteiger partial charge is 0.123 e. The number of hydrogen-bond acceptors (Lipinski definition) is 3. The van der Waals surface area contributed by atoms with E-state index in [-0.39, 0.29) is 12.4 Å². The van der Waals surface area contributed by atoms with E-state index < -0.39 is 0 Å². The Hall–Kier alpha value is -1.13. The number of likely N-dealkylation sites (N-methyl/N-ethyl adjacent to an activating group) is 2. The number of rotatable bonds is 5. The van der Waals surface area contributed by atoms with Gasteiger partial charge in [0.2, 0.25) is 0 Å². The van der Waals surface area contributed by atoms with Crippen LogP contribution in [0.4, 0.5) is 10.1 Å². The van der Waals surface area contributed by atoms with Gasteiger partial charge in [-0.1, -0.05) is 6.92 Å². The molecular formula is C15H23FN2O. The highest BCUT2D eigenvalue weighted by molar-refractivity contribution is 5.53. The molecule has 1 aliphatic heterocycles. The Kier molecular flexibility index (Phi) is 4.77. The van der Waals surface area contributed by atoms with Gasteiger partial charge in [0.15, 0.2) is 0 Å². The second kappa shape index (κ2) is 6.35. The summed E-state index contributed by atoms with van der Waals surface area (Å²) in [6, 6.07) is 5.19. The minimum absolute atomic E-state index is 0.125. The van der Waals surface area contributed by atoms with E-state index >= 15 is 0 Å². The standard InChI is InChI=1S/C15H23FN2O/c1-3-18-8-4-5-14(18)10-17(2)15-7-6-13(16)9-12(15)11-19/h6-7,9,14,19H,3-5,8,10-11H2,1-2H3. The maximum absolute atomic E-state index is 13.2. The Bertz CT molecular complexity index is 425. The molecule has 0 aliphatic carbocycles. The van der Waals surface area contributed by atoms with E-state index in [4.69, 9.17) is 0 Å². The average molecular weight is 266 g/mol. The van der Waals surface area contributed by atoms with Crippen molar-refractivity contribution in [3.05, 3.63) is 29.6 Å². The summed E-state index contributed by atoms with van der Waals surface area (Å²) >= 11 is 0. The van der Waals surface area contributed by atoms with E-state index in [0.29, 0.717) is 11.6 Å². The minimum atomic E-state index is -0.294. The number of anilines is 1. The number of aliphatic hydroxyl groups is 1. The van der Waals surface area contributed by atoms with Crippen LogP contribution in [0.25, 0.3) is 0 Å². The van der Waals surface area contributed by atoms with Crippen molar-refractivity contribution in [2.45, 2.75) is 32.4 Å². The molecule has 1 atom stereocenters. The first kappa shape index (κ1) is 14.3. The molecule has 0 saturated carbocycles. The molecule has 3 nitrogen and oxygen atoms in total. The van der Waals surface area contributed by atoms with Gasteiger partial charge in [0, 0.05) is 30.9 Å². The van der Waals surface area contributed by atoms with Gasteiger partial charge in [-0.3, -0.25) is 4.90 Å². The fourth-order valence-electron chi connectivity index (χ4n) is 2.99. The Balaban J connectivity index is 2.09. The maximum Gasteiger partial charge on any atom is 0.123 e. The molecule has 0 amide bonds. The molecule has 0 aromatic heterocycles. The van der Waals surface area contributed by atoms with Gasteiger partial charge in [-0.15, -0.1) is 0 Å². The summed E-state index contributed by atoms with van der Waals surface area (Å²) in [5.41, 5.74) is 1.58. The van der Waals surface area contributed by atoms with Crippen molar-refractivity contribution in [3.8, 4) is 0 Å². The van der Waals surface area contributed by atoms with E-state index in [2.05, 4.69) is 16.7 Å². The van der Waals surface area contributed by atoms with E-state index in [1.807, 2.05) is 7.05 Å². The highest BCUT2D eigenvalue weighted by Gasteiger charge is 2.24. The number of likely N-dealkylation sites (tertiary alicyclic amines) is 1. The molecule has 1 fully saturated rings. The lowest BCUT2D eigenvalue weighted by molar-refractivity contribution is 0.269. The molecule has 1 aliphatic rings. The zero-order valence-corrected chi connectivity index (χ0v) is 11.8. The monoisotopic (exact) mass is 266 g/mol. The lowest BCUT2D eigenvalue weighted by Gasteiger charge is -2.30. The highest BCUT2D eigenvalue weighted by atomic mass is 19.1. The molecule has 0 spiro atoms. The quantitative estimate of drug-likeness (QED) is 0.885. The molecule has 1 aromatic carbocycles. The summed E-state index contributed by atoms with van der Waals surface area (Å²) in [6.07, 6.45) is 2.47. The zero-order chi connectivity index (χ0) is 13.8. The van der Waals surface area contributed by atoms with Crippen LogP contribution in [0.2, 0.25) is 0 Å². The fraction of sp³-hybridized carbons (Fsp3) is 0.600. The molecule has 0 radical (unpaired) electrons. The number of nitrogens with zero attached hydrogens (tertiary/aromatic N) is 2. The van der Waals surface area contributed by atoms with Gasteiger partial charge in [0.25, 0.3) is 0 Å². The molecular weight excluding hydrogens is 243 g/mol. The van der Waals surface area contributed by atoms with Crippen LogP contribution in [-0.2, 0) is 6.61 Å². The van der Waals surface area contributed by atoms with E-state index in [9.17, 15) is 9.50 Å². The lowest BCUT2D eigenvalue weighted by atomic mass is 10.1. The largest absolute Gasteiger partial charge is 0.392 e. The molecule has 1 heterocycles. The van der Waals surface area contributed by atoms with Crippen LogP contribution < -0.4 is 4.90 Å². The van der Waals surface area contributed by atoms with Crippen molar-refractivity contribution >= 4 is 5.69 Å². The predicted octanol–water partition coefficient (Wildman–Crippen LogP) is 2.24. The van der Waals surface area contributed by atoms with Crippen molar-refractivity contribution in [1.82, 2.24) is 4.90 Å². The van der Waals surface area contributed by atoms with Gasteiger partial charge in [0.1, 0.15) is 5.82 Å². The molecule has 0 bridgehead atoms. The summed E-state index contributed by atoms with van der Waals surface area (Å²) < 4.78 is 13.2. The van der Waals surface area contributed by atoms with E-state index in [1.165, 1.54) is 31.5 Å². The number of hydrogen-bond donors (Lipinski definition) is 1. The first-order valence-corrected chi connectivity index (χ1v) is 7.00. The van der Waals surface area contributed by atoms with E-state index in [0.717, 1.165) is 18.8 Å². The SMILES string of the molecule is CCN1CCCC1CN(C)c1ccc(F)cc1CO. The van der Waals surface area contributed by atoms with Crippen molar-refractivity contribution in [1.29, 1.82) is 0 Å². The van der Waals surface area contributed by atoms with Crippen LogP contribution in [0.5, 0.6) is 0 Å². The van der Waals surface area contributed by atoms with Gasteiger partial charge in [-0.25, -0.2) is 4.39 Å². The van der Waals surface area contributed by atoms with E-state index in [1.54, 1.807) is 6.07 Å². The van der Waals surface area contributed by atoms with Crippen molar-refractivity contribution in [2.75, 3.05) is 31.6 Å². The minimum Gasteiger partial charge on any atom is -0.392 e. The topological polar surface area (TPSA) is 26.7 Å². The van der Waals surface area contributed by atoms with Crippen LogP contribution in [0.3, 0.4) is 0 Å². The van der Waals surface area contributed by atoms with Crippen LogP contribution >= 0.6 is 0 Å². The van der Waals surface area contributed by atoms with Crippen LogP contribution in [0, 0.1) is 5.82 Å². The van der Waals surface area contributed by atoms with Gasteiger partial charge in [-0.2, -0.15) is 0 Å². The second-order valence-electron chi connectivity index (χ2n) is 5.24. The predicted molar refractivity (Wildman–Crippen MR) is 75.9 cm³/mol. The third-order valence-corrected chi connectivity index (χ3v) is 4.01. The third kappa shape index (κ3) is 3.25. The third-order valence-electron chi connectivity index (χ3n) is 4.01. The summed E-state index contributed by atoms with van der Waals surface area (Å²) in [5.74, 6) is -0.294. The summed E-state index contributed by atoms with van der Waals surface area (Å²) in [4.78, 5) is 4.61. The molecule has 106 valence electrons. The Morgan fingerprint density at radius 1 is 1.47 bits per heavy atom. The molecule has 1 aromatic rings. The van der Waals surface area contributed by atoms with Gasteiger partial charge < -0.3 is 10.0 Å². The second-order valence-corrected chi connectivity index (χ2v) is 5.24. The molecule has 4 heteroatoms.